The van der Waals surface area contributed by atoms with Crippen molar-refractivity contribution in [1.82, 2.24) is 9.97 Å². The van der Waals surface area contributed by atoms with Gasteiger partial charge in [-0.05, 0) is 24.3 Å². The monoisotopic (exact) mass is 202 g/mol. The molecule has 0 aliphatic heterocycles. The second-order valence-electron chi connectivity index (χ2n) is 2.96. The van der Waals surface area contributed by atoms with E-state index in [1.54, 1.807) is 12.1 Å². The highest BCUT2D eigenvalue weighted by Gasteiger charge is 2.07. The summed E-state index contributed by atoms with van der Waals surface area (Å²) >= 11 is 0. The lowest BCUT2D eigenvalue weighted by molar-refractivity contribution is 0.628. The van der Waals surface area contributed by atoms with Gasteiger partial charge in [0.2, 0.25) is 0 Å². The third-order valence-electron chi connectivity index (χ3n) is 1.96. The summed E-state index contributed by atoms with van der Waals surface area (Å²) in [6.07, 6.45) is 0. The minimum absolute atomic E-state index is 0.150. The smallest absolute Gasteiger partial charge is 0.161 e. The Labute approximate surface area is 85.2 Å². The molecule has 0 radical (unpaired) electrons. The number of aromatic nitrogens is 2. The van der Waals surface area contributed by atoms with Crippen molar-refractivity contribution >= 4 is 5.82 Å². The van der Waals surface area contributed by atoms with E-state index in [1.807, 2.05) is 6.07 Å². The highest BCUT2D eigenvalue weighted by molar-refractivity contribution is 5.60. The van der Waals surface area contributed by atoms with Crippen molar-refractivity contribution in [2.24, 2.45) is 0 Å². The van der Waals surface area contributed by atoms with Crippen LogP contribution in [0.25, 0.3) is 11.4 Å². The van der Waals surface area contributed by atoms with E-state index in [0.717, 1.165) is 0 Å². The van der Waals surface area contributed by atoms with Gasteiger partial charge in [-0.2, -0.15) is 5.26 Å². The van der Waals surface area contributed by atoms with Gasteiger partial charge in [0.15, 0.2) is 11.5 Å². The molecular formula is C10H7FN4. The molecule has 1 heterocycles. The maximum atomic E-state index is 12.6. The number of benzene rings is 1. The number of nitrogens with one attached hydrogen (secondary N) is 1. The molecular weight excluding hydrogens is 195 g/mol. The van der Waals surface area contributed by atoms with Crippen LogP contribution in [0.1, 0.15) is 5.69 Å². The number of imidazole rings is 1. The number of rotatable bonds is 1. The van der Waals surface area contributed by atoms with E-state index in [4.69, 9.17) is 11.0 Å². The summed E-state index contributed by atoms with van der Waals surface area (Å²) in [5, 5.41) is 8.66. The van der Waals surface area contributed by atoms with Crippen LogP contribution in [0.4, 0.5) is 10.2 Å². The van der Waals surface area contributed by atoms with E-state index in [2.05, 4.69) is 9.97 Å². The number of nitriles is 1. The van der Waals surface area contributed by atoms with Crippen LogP contribution in [0.5, 0.6) is 0 Å². The molecule has 74 valence electrons. The van der Waals surface area contributed by atoms with Gasteiger partial charge in [-0.15, -0.1) is 0 Å². The number of hydrogen-bond donors (Lipinski definition) is 2. The van der Waals surface area contributed by atoms with Crippen LogP contribution in [0.3, 0.4) is 0 Å². The summed E-state index contributed by atoms with van der Waals surface area (Å²) in [6.45, 7) is 0. The zero-order valence-corrected chi connectivity index (χ0v) is 7.66. The molecule has 0 aliphatic carbocycles. The molecule has 2 aromatic rings. The summed E-state index contributed by atoms with van der Waals surface area (Å²) in [7, 11) is 0. The van der Waals surface area contributed by atoms with Gasteiger partial charge >= 0.3 is 0 Å². The Kier molecular flexibility index (Phi) is 2.10. The van der Waals surface area contributed by atoms with Crippen molar-refractivity contribution in [2.45, 2.75) is 0 Å². The number of H-pyrrole nitrogens is 1. The van der Waals surface area contributed by atoms with Crippen LogP contribution in [-0.4, -0.2) is 9.97 Å². The highest BCUT2D eigenvalue weighted by Crippen LogP contribution is 2.19. The SMILES string of the molecule is N#Cc1[nH]c(-c2ccc(F)cc2)nc1N. The Balaban J connectivity index is 2.46. The molecule has 0 unspecified atom stereocenters. The first kappa shape index (κ1) is 9.21. The first-order chi connectivity index (χ1) is 7.20. The lowest BCUT2D eigenvalue weighted by Gasteiger charge is -1.94. The van der Waals surface area contributed by atoms with Gasteiger partial charge in [-0.1, -0.05) is 0 Å². The maximum absolute atomic E-state index is 12.6. The molecule has 0 bridgehead atoms. The lowest BCUT2D eigenvalue weighted by Crippen LogP contribution is -1.86. The molecule has 4 nitrogen and oxygen atoms in total. The average Bonchev–Trinajstić information content (AvgIpc) is 2.61. The standard InChI is InChI=1S/C10H7FN4/c11-7-3-1-6(2-4-7)10-14-8(5-12)9(13)15-10/h1-4H,13H2,(H,14,15). The molecule has 2 rings (SSSR count). The molecule has 5 heteroatoms. The van der Waals surface area contributed by atoms with Crippen LogP contribution in [0.2, 0.25) is 0 Å². The van der Waals surface area contributed by atoms with Crippen LogP contribution < -0.4 is 5.73 Å². The van der Waals surface area contributed by atoms with E-state index >= 15 is 0 Å². The van der Waals surface area contributed by atoms with Gasteiger partial charge in [-0.25, -0.2) is 9.37 Å². The van der Waals surface area contributed by atoms with E-state index in [1.165, 1.54) is 12.1 Å². The van der Waals surface area contributed by atoms with E-state index in [-0.39, 0.29) is 17.3 Å². The van der Waals surface area contributed by atoms with Crippen molar-refractivity contribution in [1.29, 1.82) is 5.26 Å². The molecule has 0 spiro atoms. The zero-order chi connectivity index (χ0) is 10.8. The minimum atomic E-state index is -0.321. The highest BCUT2D eigenvalue weighted by atomic mass is 19.1. The van der Waals surface area contributed by atoms with Crippen LogP contribution >= 0.6 is 0 Å². The third-order valence-corrected chi connectivity index (χ3v) is 1.96. The summed E-state index contributed by atoms with van der Waals surface area (Å²) < 4.78 is 12.6. The van der Waals surface area contributed by atoms with Crippen LogP contribution in [-0.2, 0) is 0 Å². The Morgan fingerprint density at radius 1 is 1.33 bits per heavy atom. The average molecular weight is 202 g/mol. The molecule has 0 atom stereocenters. The Bertz CT molecular complexity index is 521. The quantitative estimate of drug-likeness (QED) is 0.738. The molecule has 0 saturated carbocycles. The number of nitrogens with zero attached hydrogens (tertiary/aromatic N) is 2. The van der Waals surface area contributed by atoms with Crippen LogP contribution in [0, 0.1) is 17.1 Å². The number of nitrogens with two attached hydrogens (primary N) is 1. The van der Waals surface area contributed by atoms with Gasteiger partial charge in [-0.3, -0.25) is 0 Å². The Morgan fingerprint density at radius 3 is 2.53 bits per heavy atom. The summed E-state index contributed by atoms with van der Waals surface area (Å²) in [5.41, 5.74) is 6.38. The second kappa shape index (κ2) is 3.42. The molecule has 1 aromatic carbocycles. The normalized spacial score (nSPS) is 9.87. The topological polar surface area (TPSA) is 78.5 Å². The number of hydrogen-bond acceptors (Lipinski definition) is 3. The van der Waals surface area contributed by atoms with Crippen LogP contribution in [0.15, 0.2) is 24.3 Å². The Hall–Kier alpha value is -2.35. The molecule has 0 aliphatic rings. The van der Waals surface area contributed by atoms with E-state index in [9.17, 15) is 4.39 Å². The van der Waals surface area contributed by atoms with Gasteiger partial charge in [0, 0.05) is 5.56 Å². The first-order valence-corrected chi connectivity index (χ1v) is 4.22. The molecule has 3 N–H and O–H groups in total. The predicted octanol–water partition coefficient (Wildman–Crippen LogP) is 1.67. The van der Waals surface area contributed by atoms with Gasteiger partial charge in [0.1, 0.15) is 17.7 Å². The summed E-state index contributed by atoms with van der Waals surface area (Å²) in [6, 6.07) is 7.65. The van der Waals surface area contributed by atoms with Crippen molar-refractivity contribution < 1.29 is 4.39 Å². The van der Waals surface area contributed by atoms with Gasteiger partial charge in [0.25, 0.3) is 0 Å². The fourth-order valence-electron chi connectivity index (χ4n) is 1.22. The number of nitrogen functional groups attached to an aromatic ring is 1. The van der Waals surface area contributed by atoms with Crippen molar-refractivity contribution in [2.75, 3.05) is 5.73 Å². The fraction of sp³-hybridized carbons (Fsp3) is 0. The van der Waals surface area contributed by atoms with E-state index < -0.39 is 0 Å². The predicted molar refractivity (Wildman–Crippen MR) is 53.1 cm³/mol. The Morgan fingerprint density at radius 2 is 2.00 bits per heavy atom. The maximum Gasteiger partial charge on any atom is 0.161 e. The molecule has 0 saturated heterocycles. The van der Waals surface area contributed by atoms with Gasteiger partial charge < -0.3 is 10.7 Å². The minimum Gasteiger partial charge on any atom is -0.381 e. The summed E-state index contributed by atoms with van der Waals surface area (Å²) in [4.78, 5) is 6.71. The number of aromatic amines is 1. The first-order valence-electron chi connectivity index (χ1n) is 4.22. The van der Waals surface area contributed by atoms with Crippen molar-refractivity contribution in [3.05, 3.63) is 35.8 Å². The van der Waals surface area contributed by atoms with Crippen molar-refractivity contribution in [3.63, 3.8) is 0 Å². The molecule has 15 heavy (non-hydrogen) atoms. The second-order valence-corrected chi connectivity index (χ2v) is 2.96. The number of anilines is 1. The lowest BCUT2D eigenvalue weighted by atomic mass is 10.2. The molecule has 1 aromatic heterocycles. The fourth-order valence-corrected chi connectivity index (χ4v) is 1.22. The molecule has 0 fully saturated rings. The number of halogens is 1. The third kappa shape index (κ3) is 1.65. The van der Waals surface area contributed by atoms with E-state index in [0.29, 0.717) is 11.4 Å². The molecule has 0 amide bonds. The summed E-state index contributed by atoms with van der Waals surface area (Å²) in [5.74, 6) is 0.291. The zero-order valence-electron chi connectivity index (χ0n) is 7.66. The van der Waals surface area contributed by atoms with Gasteiger partial charge in [0.05, 0.1) is 0 Å². The largest absolute Gasteiger partial charge is 0.381 e. The van der Waals surface area contributed by atoms with Crippen molar-refractivity contribution in [3.8, 4) is 17.5 Å².